The van der Waals surface area contributed by atoms with Gasteiger partial charge in [0, 0.05) is 29.4 Å². The molecule has 3 aromatic heterocycles. The quantitative estimate of drug-likeness (QED) is 0.412. The molecule has 9 nitrogen and oxygen atoms in total. The maximum absolute atomic E-state index is 12.6. The second-order valence-electron chi connectivity index (χ2n) is 6.24. The van der Waals surface area contributed by atoms with Gasteiger partial charge in [0.15, 0.2) is 16.8 Å². The first kappa shape index (κ1) is 21.7. The average molecular weight is 482 g/mol. The number of aromatic amines is 1. The first-order valence-corrected chi connectivity index (χ1v) is 11.2. The van der Waals surface area contributed by atoms with Crippen molar-refractivity contribution in [2.45, 2.75) is 17.7 Å². The summed E-state index contributed by atoms with van der Waals surface area (Å²) in [6.07, 6.45) is -2.30. The molecule has 0 bridgehead atoms. The third-order valence-corrected chi connectivity index (χ3v) is 6.20. The van der Waals surface area contributed by atoms with Crippen molar-refractivity contribution < 1.29 is 26.3 Å². The van der Waals surface area contributed by atoms with Crippen LogP contribution in [0.5, 0.6) is 5.88 Å². The van der Waals surface area contributed by atoms with Crippen molar-refractivity contribution in [2.24, 2.45) is 0 Å². The van der Waals surface area contributed by atoms with E-state index in [4.69, 9.17) is 4.74 Å². The maximum Gasteiger partial charge on any atom is 0.417 e. The lowest BCUT2D eigenvalue weighted by molar-refractivity contribution is -0.137. The molecule has 0 aliphatic rings. The first-order valence-electron chi connectivity index (χ1n) is 8.81. The molecule has 1 aromatic carbocycles. The maximum atomic E-state index is 12.6. The van der Waals surface area contributed by atoms with Crippen molar-refractivity contribution in [3.63, 3.8) is 0 Å². The van der Waals surface area contributed by atoms with Gasteiger partial charge in [-0.2, -0.15) is 18.3 Å². The molecule has 166 valence electrons. The Bertz CT molecular complexity index is 1290. The highest BCUT2D eigenvalue weighted by atomic mass is 32.2. The van der Waals surface area contributed by atoms with E-state index < -0.39 is 21.8 Å². The number of sulfonamides is 1. The van der Waals surface area contributed by atoms with E-state index in [1.54, 1.807) is 17.5 Å². The summed E-state index contributed by atoms with van der Waals surface area (Å²) in [6.45, 7) is -0.102. The molecule has 32 heavy (non-hydrogen) atoms. The van der Waals surface area contributed by atoms with Crippen LogP contribution < -0.4 is 9.46 Å². The third-order valence-electron chi connectivity index (χ3n) is 4.03. The highest BCUT2D eigenvalue weighted by Crippen LogP contribution is 2.29. The fourth-order valence-electron chi connectivity index (χ4n) is 2.50. The number of pyridine rings is 1. The van der Waals surface area contributed by atoms with Crippen molar-refractivity contribution in [2.75, 3.05) is 4.72 Å². The molecule has 0 spiro atoms. The summed E-state index contributed by atoms with van der Waals surface area (Å²) >= 11 is 1.16. The van der Waals surface area contributed by atoms with E-state index in [-0.39, 0.29) is 22.5 Å². The van der Waals surface area contributed by atoms with Crippen LogP contribution in [0.15, 0.2) is 59.1 Å². The third kappa shape index (κ3) is 5.03. The number of H-pyrrole nitrogens is 1. The fourth-order valence-corrected chi connectivity index (χ4v) is 4.28. The molecule has 3 heterocycles. The van der Waals surface area contributed by atoms with Crippen LogP contribution >= 0.6 is 11.3 Å². The van der Waals surface area contributed by atoms with E-state index >= 15 is 0 Å². The smallest absolute Gasteiger partial charge is 0.417 e. The number of benzene rings is 1. The van der Waals surface area contributed by atoms with E-state index in [0.717, 1.165) is 23.5 Å². The number of nitrogens with zero attached hydrogens (tertiary/aromatic N) is 4. The lowest BCUT2D eigenvalue weighted by Crippen LogP contribution is -2.12. The lowest BCUT2D eigenvalue weighted by atomic mass is 10.2. The molecule has 4 rings (SSSR count). The zero-order valence-electron chi connectivity index (χ0n) is 15.9. The molecular weight excluding hydrogens is 469 g/mol. The zero-order chi connectivity index (χ0) is 22.8. The number of nitrogens with one attached hydrogen (secondary N) is 2. The largest absolute Gasteiger partial charge is 0.469 e. The molecule has 0 saturated carbocycles. The summed E-state index contributed by atoms with van der Waals surface area (Å²) in [6, 6.07) is 7.88. The topological polar surface area (TPSA) is 123 Å². The first-order chi connectivity index (χ1) is 15.2. The van der Waals surface area contributed by atoms with Gasteiger partial charge in [-0.3, -0.25) is 9.82 Å². The summed E-state index contributed by atoms with van der Waals surface area (Å²) in [5.74, 6) is 0.600. The fraction of sp³-hybridized carbons (Fsp3) is 0.111. The van der Waals surface area contributed by atoms with E-state index in [2.05, 4.69) is 29.9 Å². The number of anilines is 1. The van der Waals surface area contributed by atoms with Crippen molar-refractivity contribution >= 4 is 26.5 Å². The Balaban J connectivity index is 1.40. The number of hydrogen-bond acceptors (Lipinski definition) is 8. The Morgan fingerprint density at radius 1 is 1.09 bits per heavy atom. The number of ether oxygens (including phenoxy) is 1. The Kier molecular flexibility index (Phi) is 5.80. The lowest BCUT2D eigenvalue weighted by Gasteiger charge is -2.07. The van der Waals surface area contributed by atoms with Gasteiger partial charge in [-0.25, -0.2) is 23.4 Å². The normalized spacial score (nSPS) is 12.0. The number of aromatic nitrogens is 5. The van der Waals surface area contributed by atoms with Crippen LogP contribution in [0.2, 0.25) is 0 Å². The van der Waals surface area contributed by atoms with E-state index in [1.807, 2.05) is 0 Å². The summed E-state index contributed by atoms with van der Waals surface area (Å²) in [5, 5.41) is 8.60. The van der Waals surface area contributed by atoms with Gasteiger partial charge in [0.25, 0.3) is 10.0 Å². The number of alkyl halides is 3. The molecule has 0 unspecified atom stereocenters. The van der Waals surface area contributed by atoms with Crippen LogP contribution in [-0.4, -0.2) is 33.6 Å². The highest BCUT2D eigenvalue weighted by Gasteiger charge is 2.30. The monoisotopic (exact) mass is 482 g/mol. The van der Waals surface area contributed by atoms with E-state index in [1.165, 1.54) is 18.3 Å². The molecule has 0 radical (unpaired) electrons. The molecule has 0 saturated heterocycles. The summed E-state index contributed by atoms with van der Waals surface area (Å²) in [7, 11) is -3.78. The van der Waals surface area contributed by atoms with Gasteiger partial charge in [0.1, 0.15) is 6.61 Å². The molecule has 0 aliphatic heterocycles. The van der Waals surface area contributed by atoms with Crippen LogP contribution in [-0.2, 0) is 22.8 Å². The molecule has 2 N–H and O–H groups in total. The van der Waals surface area contributed by atoms with Gasteiger partial charge in [-0.05, 0) is 30.3 Å². The Morgan fingerprint density at radius 3 is 2.50 bits per heavy atom. The van der Waals surface area contributed by atoms with Crippen molar-refractivity contribution in [3.8, 4) is 17.3 Å². The predicted octanol–water partition coefficient (Wildman–Crippen LogP) is 3.72. The predicted molar refractivity (Wildman–Crippen MR) is 108 cm³/mol. The van der Waals surface area contributed by atoms with Crippen LogP contribution in [0, 0.1) is 0 Å². The minimum absolute atomic E-state index is 0.00163. The SMILES string of the molecule is O=S(=O)(Nc1nccs1)c1ccc(-c2n[nH]c(COc3ccc(C(F)(F)F)cn3)n2)cc1. The Hall–Kier alpha value is -3.52. The average Bonchev–Trinajstić information content (AvgIpc) is 3.44. The van der Waals surface area contributed by atoms with Crippen LogP contribution in [0.4, 0.5) is 18.3 Å². The summed E-state index contributed by atoms with van der Waals surface area (Å²) in [4.78, 5) is 11.8. The zero-order valence-corrected chi connectivity index (χ0v) is 17.5. The molecule has 0 amide bonds. The Morgan fingerprint density at radius 2 is 1.88 bits per heavy atom. The molecule has 0 aliphatic carbocycles. The molecule has 0 atom stereocenters. The second-order valence-corrected chi connectivity index (χ2v) is 8.82. The standard InChI is InChI=1S/C18H13F3N6O3S2/c19-18(20,21)12-3-6-15(23-9-12)30-10-14-24-16(26-25-14)11-1-4-13(5-2-11)32(28,29)27-17-22-7-8-31-17/h1-9H,10H2,(H,22,27)(H,24,25,26). The van der Waals surface area contributed by atoms with Gasteiger partial charge in [0.2, 0.25) is 5.88 Å². The van der Waals surface area contributed by atoms with Crippen LogP contribution in [0.25, 0.3) is 11.4 Å². The molecule has 14 heteroatoms. The van der Waals surface area contributed by atoms with Crippen molar-refractivity contribution in [3.05, 3.63) is 65.6 Å². The van der Waals surface area contributed by atoms with E-state index in [0.29, 0.717) is 23.4 Å². The van der Waals surface area contributed by atoms with Crippen LogP contribution in [0.1, 0.15) is 11.4 Å². The number of rotatable bonds is 7. The summed E-state index contributed by atoms with van der Waals surface area (Å²) < 4.78 is 70.2. The minimum Gasteiger partial charge on any atom is -0.469 e. The number of thiazole rings is 1. The van der Waals surface area contributed by atoms with E-state index in [9.17, 15) is 21.6 Å². The molecule has 0 fully saturated rings. The Labute approximate surface area is 183 Å². The van der Waals surface area contributed by atoms with Gasteiger partial charge in [-0.1, -0.05) is 0 Å². The minimum atomic E-state index is -4.48. The second kappa shape index (κ2) is 8.55. The van der Waals surface area contributed by atoms with Crippen molar-refractivity contribution in [1.29, 1.82) is 0 Å². The summed E-state index contributed by atoms with van der Waals surface area (Å²) in [5.41, 5.74) is -0.326. The van der Waals surface area contributed by atoms with Gasteiger partial charge in [-0.15, -0.1) is 11.3 Å². The van der Waals surface area contributed by atoms with Gasteiger partial charge >= 0.3 is 6.18 Å². The molecule has 4 aromatic rings. The van der Waals surface area contributed by atoms with Gasteiger partial charge in [0.05, 0.1) is 10.5 Å². The number of halogens is 3. The number of hydrogen-bond donors (Lipinski definition) is 2. The molecular formula is C18H13F3N6O3S2. The van der Waals surface area contributed by atoms with Crippen molar-refractivity contribution in [1.82, 2.24) is 25.1 Å². The van der Waals surface area contributed by atoms with Crippen LogP contribution in [0.3, 0.4) is 0 Å². The highest BCUT2D eigenvalue weighted by molar-refractivity contribution is 7.93. The van der Waals surface area contributed by atoms with Gasteiger partial charge < -0.3 is 4.74 Å².